The number of nitrogens with zero attached hydrogens (tertiary/aromatic N) is 2. The molecule has 1 saturated heterocycles. The number of piperidine rings is 1. The average Bonchev–Trinajstić information content (AvgIpc) is 2.67. The maximum atomic E-state index is 11.3. The van der Waals surface area contributed by atoms with Crippen LogP contribution in [0, 0.1) is 0 Å². The van der Waals surface area contributed by atoms with Gasteiger partial charge >= 0.3 is 0 Å². The predicted molar refractivity (Wildman–Crippen MR) is 63.7 cm³/mol. The van der Waals surface area contributed by atoms with E-state index >= 15 is 0 Å². The van der Waals surface area contributed by atoms with Crippen molar-refractivity contribution in [1.82, 2.24) is 15.1 Å². The van der Waals surface area contributed by atoms with Gasteiger partial charge in [0.05, 0.1) is 12.2 Å². The molecule has 5 nitrogen and oxygen atoms in total. The number of sulfone groups is 1. The molecular weight excluding hydrogens is 250 g/mol. The zero-order chi connectivity index (χ0) is 10.9. The molecule has 0 atom stereocenters. The van der Waals surface area contributed by atoms with Crippen molar-refractivity contribution in [2.45, 2.75) is 23.8 Å². The highest BCUT2D eigenvalue weighted by Crippen LogP contribution is 2.19. The first-order valence-corrected chi connectivity index (χ1v) is 6.91. The predicted octanol–water partition coefficient (Wildman–Crippen LogP) is 0.633. The molecule has 0 radical (unpaired) electrons. The van der Waals surface area contributed by atoms with Gasteiger partial charge < -0.3 is 5.32 Å². The van der Waals surface area contributed by atoms with E-state index in [9.17, 15) is 8.42 Å². The van der Waals surface area contributed by atoms with Gasteiger partial charge in [-0.05, 0) is 25.9 Å². The Labute approximate surface area is 102 Å². The molecule has 1 aromatic rings. The summed E-state index contributed by atoms with van der Waals surface area (Å²) in [6.07, 6.45) is 6.27. The van der Waals surface area contributed by atoms with Crippen LogP contribution in [-0.4, -0.2) is 37.5 Å². The molecule has 0 aromatic carbocycles. The number of hydrogen-bond donors (Lipinski definition) is 1. The Kier molecular flexibility index (Phi) is 4.35. The van der Waals surface area contributed by atoms with Crippen LogP contribution in [0.15, 0.2) is 17.3 Å². The van der Waals surface area contributed by atoms with Crippen molar-refractivity contribution in [3.8, 4) is 0 Å². The van der Waals surface area contributed by atoms with Crippen molar-refractivity contribution in [3.63, 3.8) is 0 Å². The minimum absolute atomic E-state index is 0. The third kappa shape index (κ3) is 2.96. The first kappa shape index (κ1) is 13.5. The highest BCUT2D eigenvalue weighted by atomic mass is 35.5. The first-order valence-electron chi connectivity index (χ1n) is 5.02. The molecule has 0 spiro atoms. The zero-order valence-corrected chi connectivity index (χ0v) is 10.7. The lowest BCUT2D eigenvalue weighted by Gasteiger charge is -2.22. The topological polar surface area (TPSA) is 64.0 Å². The highest BCUT2D eigenvalue weighted by Gasteiger charge is 2.17. The Morgan fingerprint density at radius 2 is 2.06 bits per heavy atom. The van der Waals surface area contributed by atoms with Crippen LogP contribution in [0.2, 0.25) is 0 Å². The summed E-state index contributed by atoms with van der Waals surface area (Å²) in [5.41, 5.74) is 0. The molecule has 1 N–H and O–H groups in total. The normalized spacial score (nSPS) is 18.1. The molecule has 1 aromatic heterocycles. The van der Waals surface area contributed by atoms with Crippen molar-refractivity contribution >= 4 is 22.2 Å². The number of hydrogen-bond acceptors (Lipinski definition) is 4. The van der Waals surface area contributed by atoms with Crippen molar-refractivity contribution in [2.75, 3.05) is 19.3 Å². The molecule has 2 rings (SSSR count). The smallest absolute Gasteiger partial charge is 0.178 e. The Morgan fingerprint density at radius 3 is 2.56 bits per heavy atom. The zero-order valence-electron chi connectivity index (χ0n) is 9.09. The van der Waals surface area contributed by atoms with Crippen LogP contribution >= 0.6 is 12.4 Å². The first-order chi connectivity index (χ1) is 7.07. The molecule has 0 amide bonds. The van der Waals surface area contributed by atoms with Crippen LogP contribution in [0.3, 0.4) is 0 Å². The number of rotatable bonds is 2. The molecule has 1 aliphatic rings. The van der Waals surface area contributed by atoms with E-state index in [1.165, 1.54) is 12.5 Å². The maximum absolute atomic E-state index is 11.3. The maximum Gasteiger partial charge on any atom is 0.178 e. The molecule has 1 aliphatic heterocycles. The van der Waals surface area contributed by atoms with Crippen molar-refractivity contribution in [3.05, 3.63) is 12.4 Å². The van der Waals surface area contributed by atoms with Gasteiger partial charge in [-0.25, -0.2) is 8.42 Å². The average molecular weight is 266 g/mol. The van der Waals surface area contributed by atoms with E-state index in [1.54, 1.807) is 10.9 Å². The van der Waals surface area contributed by atoms with Gasteiger partial charge in [-0.3, -0.25) is 4.68 Å². The van der Waals surface area contributed by atoms with Gasteiger partial charge in [0.2, 0.25) is 0 Å². The third-order valence-corrected chi connectivity index (χ3v) is 3.76. The number of nitrogens with one attached hydrogen (secondary N) is 1. The minimum atomic E-state index is -3.12. The second-order valence-corrected chi connectivity index (χ2v) is 5.93. The van der Waals surface area contributed by atoms with E-state index in [-0.39, 0.29) is 12.4 Å². The van der Waals surface area contributed by atoms with Gasteiger partial charge in [-0.15, -0.1) is 12.4 Å². The van der Waals surface area contributed by atoms with E-state index in [1.807, 2.05) is 0 Å². The van der Waals surface area contributed by atoms with Crippen LogP contribution in [-0.2, 0) is 9.84 Å². The molecular formula is C9H16ClN3O2S. The van der Waals surface area contributed by atoms with Crippen LogP contribution in [0.1, 0.15) is 18.9 Å². The Balaban J connectivity index is 0.00000128. The second kappa shape index (κ2) is 5.16. The number of halogens is 1. The standard InChI is InChI=1S/C9H15N3O2S.ClH/c1-15(13,14)9-6-11-12(7-9)8-2-4-10-5-3-8;/h6-8,10H,2-5H2,1H3;1H. The summed E-state index contributed by atoms with van der Waals surface area (Å²) in [6, 6.07) is 0.335. The van der Waals surface area contributed by atoms with E-state index in [4.69, 9.17) is 0 Å². The summed E-state index contributed by atoms with van der Waals surface area (Å²) in [4.78, 5) is 0.307. The largest absolute Gasteiger partial charge is 0.317 e. The summed E-state index contributed by atoms with van der Waals surface area (Å²) in [7, 11) is -3.12. The molecule has 92 valence electrons. The number of aromatic nitrogens is 2. The van der Waals surface area contributed by atoms with Crippen molar-refractivity contribution in [2.24, 2.45) is 0 Å². The van der Waals surface area contributed by atoms with Gasteiger partial charge in [-0.1, -0.05) is 0 Å². The van der Waals surface area contributed by atoms with Gasteiger partial charge in [0.25, 0.3) is 0 Å². The minimum Gasteiger partial charge on any atom is -0.317 e. The van der Waals surface area contributed by atoms with Gasteiger partial charge in [0.15, 0.2) is 9.84 Å². The lowest BCUT2D eigenvalue weighted by molar-refractivity contribution is 0.342. The summed E-state index contributed by atoms with van der Waals surface area (Å²) in [6.45, 7) is 1.94. The molecule has 16 heavy (non-hydrogen) atoms. The fourth-order valence-corrected chi connectivity index (χ4v) is 2.32. The lowest BCUT2D eigenvalue weighted by atomic mass is 10.1. The van der Waals surface area contributed by atoms with Crippen LogP contribution in [0.4, 0.5) is 0 Å². The fraction of sp³-hybridized carbons (Fsp3) is 0.667. The molecule has 0 saturated carbocycles. The second-order valence-electron chi connectivity index (χ2n) is 3.91. The van der Waals surface area contributed by atoms with Crippen LogP contribution < -0.4 is 5.32 Å². The van der Waals surface area contributed by atoms with Gasteiger partial charge in [0, 0.05) is 12.5 Å². The van der Waals surface area contributed by atoms with E-state index in [2.05, 4.69) is 10.4 Å². The molecule has 7 heteroatoms. The quantitative estimate of drug-likeness (QED) is 0.852. The van der Waals surface area contributed by atoms with Crippen LogP contribution in [0.25, 0.3) is 0 Å². The Bertz CT molecular complexity index is 437. The molecule has 0 unspecified atom stereocenters. The summed E-state index contributed by atoms with van der Waals surface area (Å²) < 4.78 is 24.3. The summed E-state index contributed by atoms with van der Waals surface area (Å²) in [5.74, 6) is 0. The fourth-order valence-electron chi connectivity index (χ4n) is 1.78. The van der Waals surface area contributed by atoms with E-state index in [0.717, 1.165) is 25.9 Å². The SMILES string of the molecule is CS(=O)(=O)c1cnn(C2CCNCC2)c1.Cl. The molecule has 1 fully saturated rings. The highest BCUT2D eigenvalue weighted by molar-refractivity contribution is 7.90. The third-order valence-electron chi connectivity index (χ3n) is 2.69. The molecule has 0 bridgehead atoms. The van der Waals surface area contributed by atoms with Gasteiger partial charge in [0.1, 0.15) is 4.90 Å². The Morgan fingerprint density at radius 1 is 1.44 bits per heavy atom. The van der Waals surface area contributed by atoms with Crippen LogP contribution in [0.5, 0.6) is 0 Å². The lowest BCUT2D eigenvalue weighted by Crippen LogP contribution is -2.29. The van der Waals surface area contributed by atoms with E-state index < -0.39 is 9.84 Å². The van der Waals surface area contributed by atoms with Crippen molar-refractivity contribution < 1.29 is 8.42 Å². The Hall–Kier alpha value is -0.590. The summed E-state index contributed by atoms with van der Waals surface area (Å²) >= 11 is 0. The van der Waals surface area contributed by atoms with E-state index in [0.29, 0.717) is 10.9 Å². The summed E-state index contributed by atoms with van der Waals surface area (Å²) in [5, 5.41) is 7.38. The molecule has 0 aliphatic carbocycles. The van der Waals surface area contributed by atoms with Crippen molar-refractivity contribution in [1.29, 1.82) is 0 Å². The monoisotopic (exact) mass is 265 g/mol. The molecule has 2 heterocycles. The van der Waals surface area contributed by atoms with Gasteiger partial charge in [-0.2, -0.15) is 5.10 Å².